The lowest BCUT2D eigenvalue weighted by molar-refractivity contribution is 0.318. The summed E-state index contributed by atoms with van der Waals surface area (Å²) in [5, 5.41) is 12.0. The average molecular weight is 360 g/mol. The molecule has 2 aromatic carbocycles. The molecular weight excluding hydrogens is 351 g/mol. The lowest BCUT2D eigenvalue weighted by Gasteiger charge is -2.12. The van der Waals surface area contributed by atoms with E-state index in [1.54, 1.807) is 18.2 Å². The van der Waals surface area contributed by atoms with Gasteiger partial charge in [-0.25, -0.2) is 4.39 Å². The lowest BCUT2D eigenvalue weighted by atomic mass is 10.1. The molecule has 0 fully saturated rings. The van der Waals surface area contributed by atoms with Gasteiger partial charge in [-0.15, -0.1) is 0 Å². The predicted molar refractivity (Wildman–Crippen MR) is 78.1 cm³/mol. The third-order valence-corrected chi connectivity index (χ3v) is 3.31. The van der Waals surface area contributed by atoms with E-state index in [9.17, 15) is 4.39 Å². The monoisotopic (exact) mass is 358 g/mol. The molecule has 0 saturated heterocycles. The molecule has 104 valence electrons. The highest BCUT2D eigenvalue weighted by Gasteiger charge is 2.15. The van der Waals surface area contributed by atoms with E-state index in [0.29, 0.717) is 15.2 Å². The fraction of sp³-hybridized carbons (Fsp3) is 0. The molecule has 0 bridgehead atoms. The van der Waals surface area contributed by atoms with Crippen molar-refractivity contribution in [3.05, 3.63) is 57.3 Å². The Morgan fingerprint density at radius 3 is 2.70 bits per heavy atom. The van der Waals surface area contributed by atoms with Crippen LogP contribution < -0.4 is 10.5 Å². The number of hydrogen-bond donors (Lipinski definition) is 2. The van der Waals surface area contributed by atoms with Gasteiger partial charge >= 0.3 is 0 Å². The molecule has 4 nitrogen and oxygen atoms in total. The van der Waals surface area contributed by atoms with Crippen molar-refractivity contribution in [2.24, 2.45) is 10.9 Å². The number of ether oxygens (including phenoxy) is 1. The SMILES string of the molecule is NC(=NO)c1c(F)cccc1Oc1ccc(Cl)cc1Br. The summed E-state index contributed by atoms with van der Waals surface area (Å²) in [7, 11) is 0. The minimum atomic E-state index is -0.650. The highest BCUT2D eigenvalue weighted by atomic mass is 79.9. The van der Waals surface area contributed by atoms with Gasteiger partial charge in [0.15, 0.2) is 5.84 Å². The number of amidine groups is 1. The zero-order valence-electron chi connectivity index (χ0n) is 9.98. The molecule has 0 heterocycles. The molecule has 0 radical (unpaired) electrons. The van der Waals surface area contributed by atoms with Crippen LogP contribution in [0, 0.1) is 5.82 Å². The van der Waals surface area contributed by atoms with Crippen LogP contribution in [0.1, 0.15) is 5.56 Å². The number of nitrogens with two attached hydrogens (primary N) is 1. The van der Waals surface area contributed by atoms with Gasteiger partial charge in [0.25, 0.3) is 0 Å². The number of oxime groups is 1. The molecule has 7 heteroatoms. The maximum atomic E-state index is 13.8. The summed E-state index contributed by atoms with van der Waals surface area (Å²) in [5.41, 5.74) is 5.34. The lowest BCUT2D eigenvalue weighted by Crippen LogP contribution is -2.16. The largest absolute Gasteiger partial charge is 0.455 e. The fourth-order valence-electron chi connectivity index (χ4n) is 1.56. The van der Waals surface area contributed by atoms with Crippen LogP contribution in [-0.2, 0) is 0 Å². The van der Waals surface area contributed by atoms with Crippen LogP contribution >= 0.6 is 27.5 Å². The molecule has 0 atom stereocenters. The van der Waals surface area contributed by atoms with Crippen molar-refractivity contribution >= 4 is 33.4 Å². The van der Waals surface area contributed by atoms with Gasteiger partial charge in [-0.3, -0.25) is 0 Å². The van der Waals surface area contributed by atoms with Crippen LogP contribution in [0.3, 0.4) is 0 Å². The third kappa shape index (κ3) is 3.02. The second kappa shape index (κ2) is 6.11. The van der Waals surface area contributed by atoms with Gasteiger partial charge in [0.1, 0.15) is 17.3 Å². The van der Waals surface area contributed by atoms with E-state index < -0.39 is 5.82 Å². The smallest absolute Gasteiger partial charge is 0.176 e. The Morgan fingerprint density at radius 2 is 2.05 bits per heavy atom. The highest BCUT2D eigenvalue weighted by molar-refractivity contribution is 9.10. The summed E-state index contributed by atoms with van der Waals surface area (Å²) in [6.07, 6.45) is 0. The zero-order valence-corrected chi connectivity index (χ0v) is 12.3. The number of benzene rings is 2. The average Bonchev–Trinajstić information content (AvgIpc) is 2.41. The quantitative estimate of drug-likeness (QED) is 0.375. The van der Waals surface area contributed by atoms with Gasteiger partial charge in [0, 0.05) is 5.02 Å². The van der Waals surface area contributed by atoms with Crippen molar-refractivity contribution in [1.29, 1.82) is 0 Å². The molecule has 0 aliphatic carbocycles. The summed E-state index contributed by atoms with van der Waals surface area (Å²) in [4.78, 5) is 0. The topological polar surface area (TPSA) is 67.8 Å². The molecule has 2 aromatic rings. The van der Waals surface area contributed by atoms with Crippen LogP contribution in [0.25, 0.3) is 0 Å². The van der Waals surface area contributed by atoms with Gasteiger partial charge < -0.3 is 15.7 Å². The van der Waals surface area contributed by atoms with E-state index in [0.717, 1.165) is 0 Å². The molecule has 0 amide bonds. The van der Waals surface area contributed by atoms with E-state index in [2.05, 4.69) is 21.1 Å². The number of hydrogen-bond acceptors (Lipinski definition) is 3. The standard InChI is InChI=1S/C13H9BrClFN2O2/c14-8-6-7(15)4-5-10(8)20-11-3-1-2-9(16)12(11)13(17)18-19/h1-6,19H,(H2,17,18). The van der Waals surface area contributed by atoms with Crippen molar-refractivity contribution in [2.75, 3.05) is 0 Å². The Bertz CT molecular complexity index is 679. The molecule has 0 aliphatic heterocycles. The van der Waals surface area contributed by atoms with Crippen LogP contribution in [0.4, 0.5) is 4.39 Å². The van der Waals surface area contributed by atoms with Gasteiger partial charge in [-0.2, -0.15) is 0 Å². The van der Waals surface area contributed by atoms with E-state index >= 15 is 0 Å². The Kier molecular flexibility index (Phi) is 4.46. The van der Waals surface area contributed by atoms with Crippen LogP contribution in [0.15, 0.2) is 46.0 Å². The number of halogens is 3. The molecule has 3 N–H and O–H groups in total. The first-order valence-corrected chi connectivity index (χ1v) is 6.59. The Hall–Kier alpha value is -1.79. The first-order valence-electron chi connectivity index (χ1n) is 5.42. The maximum absolute atomic E-state index is 13.8. The molecule has 2 rings (SSSR count). The molecule has 20 heavy (non-hydrogen) atoms. The first kappa shape index (κ1) is 14.6. The molecule has 0 saturated carbocycles. The molecule has 0 spiro atoms. The Labute approximate surface area is 127 Å². The fourth-order valence-corrected chi connectivity index (χ4v) is 2.33. The summed E-state index contributed by atoms with van der Waals surface area (Å²) >= 11 is 9.12. The van der Waals surface area contributed by atoms with Crippen molar-refractivity contribution in [2.45, 2.75) is 0 Å². The normalized spacial score (nSPS) is 11.4. The minimum absolute atomic E-state index is 0.114. The highest BCUT2D eigenvalue weighted by Crippen LogP contribution is 2.33. The summed E-state index contributed by atoms with van der Waals surface area (Å²) in [5.74, 6) is -0.471. The summed E-state index contributed by atoms with van der Waals surface area (Å²) < 4.78 is 19.9. The Balaban J connectivity index is 2.46. The maximum Gasteiger partial charge on any atom is 0.176 e. The molecular formula is C13H9BrClFN2O2. The van der Waals surface area contributed by atoms with Crippen LogP contribution in [0.2, 0.25) is 5.02 Å². The summed E-state index contributed by atoms with van der Waals surface area (Å²) in [6, 6.07) is 9.05. The molecule has 0 unspecified atom stereocenters. The van der Waals surface area contributed by atoms with Crippen molar-refractivity contribution in [1.82, 2.24) is 0 Å². The van der Waals surface area contributed by atoms with Crippen molar-refractivity contribution in [3.63, 3.8) is 0 Å². The van der Waals surface area contributed by atoms with E-state index in [4.69, 9.17) is 27.3 Å². The first-order chi connectivity index (χ1) is 9.52. The molecule has 0 aliphatic rings. The Morgan fingerprint density at radius 1 is 1.30 bits per heavy atom. The zero-order chi connectivity index (χ0) is 14.7. The second-order valence-corrected chi connectivity index (χ2v) is 5.07. The van der Waals surface area contributed by atoms with E-state index in [-0.39, 0.29) is 17.1 Å². The minimum Gasteiger partial charge on any atom is -0.455 e. The van der Waals surface area contributed by atoms with E-state index in [1.165, 1.54) is 18.2 Å². The third-order valence-electron chi connectivity index (χ3n) is 2.45. The predicted octanol–water partition coefficient (Wildman–Crippen LogP) is 4.13. The van der Waals surface area contributed by atoms with Crippen molar-refractivity contribution < 1.29 is 14.3 Å². The van der Waals surface area contributed by atoms with Crippen molar-refractivity contribution in [3.8, 4) is 11.5 Å². The van der Waals surface area contributed by atoms with Gasteiger partial charge in [-0.05, 0) is 46.3 Å². The molecule has 0 aromatic heterocycles. The van der Waals surface area contributed by atoms with Gasteiger partial charge in [0.05, 0.1) is 10.0 Å². The number of nitrogens with zero attached hydrogens (tertiary/aromatic N) is 1. The van der Waals surface area contributed by atoms with Gasteiger partial charge in [0.2, 0.25) is 0 Å². The van der Waals surface area contributed by atoms with Crippen LogP contribution in [0.5, 0.6) is 11.5 Å². The van der Waals surface area contributed by atoms with Gasteiger partial charge in [-0.1, -0.05) is 22.8 Å². The second-order valence-electron chi connectivity index (χ2n) is 3.78. The van der Waals surface area contributed by atoms with E-state index in [1.807, 2.05) is 0 Å². The number of rotatable bonds is 3. The van der Waals surface area contributed by atoms with Crippen LogP contribution in [-0.4, -0.2) is 11.0 Å². The summed E-state index contributed by atoms with van der Waals surface area (Å²) in [6.45, 7) is 0.